The van der Waals surface area contributed by atoms with Gasteiger partial charge in [-0.05, 0) is 29.7 Å². The minimum absolute atomic E-state index is 0.179. The molecule has 3 rings (SSSR count). The highest BCUT2D eigenvalue weighted by molar-refractivity contribution is 5.80. The van der Waals surface area contributed by atoms with E-state index in [0.717, 1.165) is 22.2 Å². The van der Waals surface area contributed by atoms with Crippen molar-refractivity contribution in [2.45, 2.75) is 12.7 Å². The van der Waals surface area contributed by atoms with E-state index in [4.69, 9.17) is 14.2 Å². The van der Waals surface area contributed by atoms with Crippen LogP contribution in [-0.4, -0.2) is 36.5 Å². The normalized spacial score (nSPS) is 12.2. The van der Waals surface area contributed by atoms with E-state index in [1.54, 1.807) is 7.11 Å². The molecule has 0 amide bonds. The molecule has 0 aliphatic carbocycles. The van der Waals surface area contributed by atoms with E-state index in [2.05, 4.69) is 4.98 Å². The van der Waals surface area contributed by atoms with Crippen molar-refractivity contribution in [1.29, 1.82) is 0 Å². The number of aromatic nitrogens is 1. The first-order chi connectivity index (χ1) is 11.8. The van der Waals surface area contributed by atoms with Crippen LogP contribution < -0.4 is 9.47 Å². The molecule has 5 heteroatoms. The third-order valence-electron chi connectivity index (χ3n) is 3.73. The van der Waals surface area contributed by atoms with Gasteiger partial charge in [-0.15, -0.1) is 0 Å². The summed E-state index contributed by atoms with van der Waals surface area (Å²) >= 11 is 0. The Morgan fingerprint density at radius 2 is 1.96 bits per heavy atom. The molecule has 0 aliphatic rings. The number of fused-ring (bicyclic) bond motifs is 1. The number of hydrogen-bond acceptors (Lipinski definition) is 4. The van der Waals surface area contributed by atoms with E-state index < -0.39 is 6.10 Å². The molecular weight excluding hydrogens is 306 g/mol. The second kappa shape index (κ2) is 7.86. The van der Waals surface area contributed by atoms with Crippen LogP contribution in [0, 0.1) is 0 Å². The van der Waals surface area contributed by atoms with Gasteiger partial charge in [-0.2, -0.15) is 0 Å². The van der Waals surface area contributed by atoms with Gasteiger partial charge in [-0.3, -0.25) is 0 Å². The Balaban J connectivity index is 1.44. The van der Waals surface area contributed by atoms with Crippen molar-refractivity contribution in [3.63, 3.8) is 0 Å². The van der Waals surface area contributed by atoms with Crippen LogP contribution in [0.4, 0.5) is 0 Å². The fraction of sp³-hybridized carbons (Fsp3) is 0.263. The van der Waals surface area contributed by atoms with Crippen LogP contribution in [0.15, 0.2) is 54.7 Å². The molecule has 2 aromatic carbocycles. The molecule has 1 heterocycles. The molecule has 0 saturated heterocycles. The van der Waals surface area contributed by atoms with Crippen LogP contribution in [0.1, 0.15) is 5.56 Å². The number of ether oxygens (including phenoxy) is 3. The van der Waals surface area contributed by atoms with Gasteiger partial charge in [0.1, 0.15) is 24.2 Å². The average molecular weight is 327 g/mol. The average Bonchev–Trinajstić information content (AvgIpc) is 3.08. The highest BCUT2D eigenvalue weighted by atomic mass is 16.5. The van der Waals surface area contributed by atoms with Crippen LogP contribution >= 0.6 is 0 Å². The monoisotopic (exact) mass is 327 g/mol. The molecule has 5 nitrogen and oxygen atoms in total. The SMILES string of the molecule is COc1ccccc1COCC(O)COc1ccc2cc[nH]c2c1. The summed E-state index contributed by atoms with van der Waals surface area (Å²) in [5.41, 5.74) is 1.96. The summed E-state index contributed by atoms with van der Waals surface area (Å²) in [6, 6.07) is 15.4. The number of aliphatic hydroxyl groups is 1. The molecule has 0 radical (unpaired) electrons. The lowest BCUT2D eigenvalue weighted by atomic mass is 10.2. The molecule has 2 N–H and O–H groups in total. The highest BCUT2D eigenvalue weighted by Crippen LogP contribution is 2.20. The summed E-state index contributed by atoms with van der Waals surface area (Å²) in [5.74, 6) is 1.50. The summed E-state index contributed by atoms with van der Waals surface area (Å²) < 4.78 is 16.4. The predicted octanol–water partition coefficient (Wildman–Crippen LogP) is 3.13. The molecule has 3 aromatic rings. The molecule has 0 fully saturated rings. The second-order valence-electron chi connectivity index (χ2n) is 5.52. The minimum Gasteiger partial charge on any atom is -0.496 e. The molecule has 126 valence electrons. The third-order valence-corrected chi connectivity index (χ3v) is 3.73. The van der Waals surface area contributed by atoms with Crippen molar-refractivity contribution < 1.29 is 19.3 Å². The van der Waals surface area contributed by atoms with Gasteiger partial charge in [-0.1, -0.05) is 18.2 Å². The lowest BCUT2D eigenvalue weighted by Gasteiger charge is -2.14. The number of rotatable bonds is 8. The van der Waals surface area contributed by atoms with E-state index in [1.165, 1.54) is 0 Å². The van der Waals surface area contributed by atoms with Gasteiger partial charge >= 0.3 is 0 Å². The molecule has 0 spiro atoms. The number of aliphatic hydroxyl groups excluding tert-OH is 1. The maximum absolute atomic E-state index is 10.00. The number of methoxy groups -OCH3 is 1. The van der Waals surface area contributed by atoms with Gasteiger partial charge in [0, 0.05) is 23.3 Å². The van der Waals surface area contributed by atoms with Gasteiger partial charge in [0.2, 0.25) is 0 Å². The zero-order valence-electron chi connectivity index (χ0n) is 13.6. The Morgan fingerprint density at radius 1 is 1.08 bits per heavy atom. The molecule has 1 unspecified atom stereocenters. The number of aromatic amines is 1. The summed E-state index contributed by atoms with van der Waals surface area (Å²) in [5, 5.41) is 11.1. The van der Waals surface area contributed by atoms with Crippen molar-refractivity contribution >= 4 is 10.9 Å². The number of H-pyrrole nitrogens is 1. The first-order valence-corrected chi connectivity index (χ1v) is 7.84. The molecule has 24 heavy (non-hydrogen) atoms. The number of para-hydroxylation sites is 1. The maximum Gasteiger partial charge on any atom is 0.124 e. The molecule has 0 bridgehead atoms. The Hall–Kier alpha value is -2.50. The van der Waals surface area contributed by atoms with Gasteiger partial charge in [-0.25, -0.2) is 0 Å². The van der Waals surface area contributed by atoms with Crippen molar-refractivity contribution in [2.75, 3.05) is 20.3 Å². The molecule has 0 saturated carbocycles. The zero-order valence-corrected chi connectivity index (χ0v) is 13.6. The predicted molar refractivity (Wildman–Crippen MR) is 92.5 cm³/mol. The van der Waals surface area contributed by atoms with Gasteiger partial charge in [0.15, 0.2) is 0 Å². The van der Waals surface area contributed by atoms with Crippen LogP contribution in [0.2, 0.25) is 0 Å². The molecule has 1 atom stereocenters. The van der Waals surface area contributed by atoms with Crippen molar-refractivity contribution in [3.05, 3.63) is 60.3 Å². The Bertz CT molecular complexity index is 784. The van der Waals surface area contributed by atoms with E-state index in [9.17, 15) is 5.11 Å². The fourth-order valence-corrected chi connectivity index (χ4v) is 2.48. The fourth-order valence-electron chi connectivity index (χ4n) is 2.48. The van der Waals surface area contributed by atoms with E-state index in [1.807, 2.05) is 54.7 Å². The number of benzene rings is 2. The van der Waals surface area contributed by atoms with E-state index in [-0.39, 0.29) is 13.2 Å². The van der Waals surface area contributed by atoms with Crippen LogP contribution in [0.5, 0.6) is 11.5 Å². The van der Waals surface area contributed by atoms with Crippen molar-refractivity contribution in [2.24, 2.45) is 0 Å². The van der Waals surface area contributed by atoms with Crippen LogP contribution in [0.3, 0.4) is 0 Å². The quantitative estimate of drug-likeness (QED) is 0.667. The van der Waals surface area contributed by atoms with Gasteiger partial charge in [0.05, 0.1) is 20.3 Å². The van der Waals surface area contributed by atoms with Crippen LogP contribution in [-0.2, 0) is 11.3 Å². The number of hydrogen-bond donors (Lipinski definition) is 2. The third kappa shape index (κ3) is 4.07. The summed E-state index contributed by atoms with van der Waals surface area (Å²) in [6.45, 7) is 0.760. The Morgan fingerprint density at radius 3 is 2.83 bits per heavy atom. The van der Waals surface area contributed by atoms with Crippen molar-refractivity contribution in [1.82, 2.24) is 4.98 Å². The lowest BCUT2D eigenvalue weighted by Crippen LogP contribution is -2.23. The molecule has 1 aromatic heterocycles. The first-order valence-electron chi connectivity index (χ1n) is 7.84. The van der Waals surface area contributed by atoms with Crippen molar-refractivity contribution in [3.8, 4) is 11.5 Å². The van der Waals surface area contributed by atoms with E-state index in [0.29, 0.717) is 12.4 Å². The minimum atomic E-state index is -0.695. The zero-order chi connectivity index (χ0) is 16.8. The van der Waals surface area contributed by atoms with Gasteiger partial charge < -0.3 is 24.3 Å². The second-order valence-corrected chi connectivity index (χ2v) is 5.52. The molecular formula is C19H21NO4. The lowest BCUT2D eigenvalue weighted by molar-refractivity contribution is 0.00505. The topological polar surface area (TPSA) is 63.7 Å². The standard InChI is InChI=1S/C19H21NO4/c1-22-19-5-3-2-4-15(19)11-23-12-16(21)13-24-17-7-6-14-8-9-20-18(14)10-17/h2-10,16,20-21H,11-13H2,1H3. The highest BCUT2D eigenvalue weighted by Gasteiger charge is 2.08. The Labute approximate surface area is 140 Å². The Kier molecular flexibility index (Phi) is 5.36. The maximum atomic E-state index is 10.00. The smallest absolute Gasteiger partial charge is 0.124 e. The van der Waals surface area contributed by atoms with Crippen LogP contribution in [0.25, 0.3) is 10.9 Å². The van der Waals surface area contributed by atoms with E-state index >= 15 is 0 Å². The summed E-state index contributed by atoms with van der Waals surface area (Å²) in [6.07, 6.45) is 1.19. The number of nitrogens with one attached hydrogen (secondary N) is 1. The summed E-state index contributed by atoms with van der Waals surface area (Å²) in [7, 11) is 1.63. The first kappa shape index (κ1) is 16.4. The largest absolute Gasteiger partial charge is 0.496 e. The summed E-state index contributed by atoms with van der Waals surface area (Å²) in [4.78, 5) is 3.13. The molecule has 0 aliphatic heterocycles. The van der Waals surface area contributed by atoms with Gasteiger partial charge in [0.25, 0.3) is 0 Å².